The lowest BCUT2D eigenvalue weighted by Gasteiger charge is -2.38. The van der Waals surface area contributed by atoms with Crippen LogP contribution in [0.1, 0.15) is 47.0 Å². The highest BCUT2D eigenvalue weighted by atomic mass is 35.5. The van der Waals surface area contributed by atoms with E-state index in [2.05, 4.69) is 58.0 Å². The van der Waals surface area contributed by atoms with Crippen LogP contribution in [0.15, 0.2) is 0 Å². The van der Waals surface area contributed by atoms with Crippen LogP contribution in [-0.2, 0) is 0 Å². The number of nitrogens with one attached hydrogen (secondary N) is 1. The van der Waals surface area contributed by atoms with Crippen LogP contribution >= 0.6 is 11.6 Å². The molecule has 1 aromatic rings. The Kier molecular flexibility index (Phi) is 5.58. The molecule has 1 aliphatic rings. The molecule has 1 fully saturated rings. The Morgan fingerprint density at radius 2 is 1.76 bits per heavy atom. The van der Waals surface area contributed by atoms with Crippen molar-refractivity contribution < 1.29 is 0 Å². The van der Waals surface area contributed by atoms with Crippen molar-refractivity contribution in [2.45, 2.75) is 59.0 Å². The molecule has 0 amide bonds. The quantitative estimate of drug-likeness (QED) is 0.902. The van der Waals surface area contributed by atoms with Crippen molar-refractivity contribution in [2.24, 2.45) is 0 Å². The SMILES string of the molecule is CCN(CC)c1nc(Cl)nc(NN2C(C)CCCC2C)n1. The second-order valence-corrected chi connectivity index (χ2v) is 5.89. The van der Waals surface area contributed by atoms with E-state index in [-0.39, 0.29) is 5.28 Å². The molecule has 2 unspecified atom stereocenters. The average molecular weight is 313 g/mol. The van der Waals surface area contributed by atoms with Crippen LogP contribution in [0, 0.1) is 0 Å². The minimum atomic E-state index is 0.228. The molecular formula is C14H25ClN6. The highest BCUT2D eigenvalue weighted by Gasteiger charge is 2.25. The smallest absolute Gasteiger partial charge is 0.243 e. The summed E-state index contributed by atoms with van der Waals surface area (Å²) in [6.45, 7) is 10.3. The zero-order valence-electron chi connectivity index (χ0n) is 13.3. The molecule has 118 valence electrons. The van der Waals surface area contributed by atoms with E-state index < -0.39 is 0 Å². The van der Waals surface area contributed by atoms with Gasteiger partial charge in [-0.2, -0.15) is 15.0 Å². The number of hydrazine groups is 1. The summed E-state index contributed by atoms with van der Waals surface area (Å²) in [5.41, 5.74) is 3.32. The third kappa shape index (κ3) is 3.95. The van der Waals surface area contributed by atoms with E-state index in [1.54, 1.807) is 0 Å². The van der Waals surface area contributed by atoms with Gasteiger partial charge in [-0.25, -0.2) is 5.01 Å². The molecule has 1 aliphatic heterocycles. The third-order valence-corrected chi connectivity index (χ3v) is 4.23. The van der Waals surface area contributed by atoms with Gasteiger partial charge in [0.25, 0.3) is 0 Å². The van der Waals surface area contributed by atoms with Gasteiger partial charge in [-0.05, 0) is 52.1 Å². The third-order valence-electron chi connectivity index (χ3n) is 4.07. The normalized spacial score (nSPS) is 23.1. The summed E-state index contributed by atoms with van der Waals surface area (Å²) < 4.78 is 0. The fourth-order valence-electron chi connectivity index (χ4n) is 2.79. The van der Waals surface area contributed by atoms with E-state index in [0.717, 1.165) is 13.1 Å². The van der Waals surface area contributed by atoms with E-state index in [1.165, 1.54) is 19.3 Å². The molecular weight excluding hydrogens is 288 g/mol. The molecule has 0 spiro atoms. The fourth-order valence-corrected chi connectivity index (χ4v) is 2.95. The topological polar surface area (TPSA) is 57.2 Å². The maximum absolute atomic E-state index is 6.05. The Labute approximate surface area is 131 Å². The maximum Gasteiger partial charge on any atom is 0.243 e. The summed E-state index contributed by atoms with van der Waals surface area (Å²) in [6.07, 6.45) is 3.63. The van der Waals surface area contributed by atoms with Crippen LogP contribution in [0.2, 0.25) is 5.28 Å². The Bertz CT molecular complexity index is 455. The van der Waals surface area contributed by atoms with Crippen molar-refractivity contribution in [2.75, 3.05) is 23.4 Å². The molecule has 0 bridgehead atoms. The molecule has 0 aromatic carbocycles. The highest BCUT2D eigenvalue weighted by Crippen LogP contribution is 2.23. The van der Waals surface area contributed by atoms with E-state index in [0.29, 0.717) is 24.0 Å². The van der Waals surface area contributed by atoms with Gasteiger partial charge in [-0.1, -0.05) is 6.42 Å². The monoisotopic (exact) mass is 312 g/mol. The van der Waals surface area contributed by atoms with Crippen molar-refractivity contribution in [3.8, 4) is 0 Å². The number of nitrogens with zero attached hydrogens (tertiary/aromatic N) is 5. The lowest BCUT2D eigenvalue weighted by Crippen LogP contribution is -2.47. The number of anilines is 2. The molecule has 1 aromatic heterocycles. The zero-order chi connectivity index (χ0) is 15.4. The molecule has 1 saturated heterocycles. The van der Waals surface area contributed by atoms with Gasteiger partial charge >= 0.3 is 0 Å². The Morgan fingerprint density at radius 3 is 2.33 bits per heavy atom. The van der Waals surface area contributed by atoms with Crippen molar-refractivity contribution in [3.05, 3.63) is 5.28 Å². The van der Waals surface area contributed by atoms with Crippen LogP contribution in [0.3, 0.4) is 0 Å². The number of aromatic nitrogens is 3. The standard InChI is InChI=1S/C14H25ClN6/c1-5-20(6-2)14-17-12(15)16-13(18-14)19-21-10(3)8-7-9-11(21)4/h10-11H,5-9H2,1-4H3,(H,16,17,18,19). The number of hydrogen-bond acceptors (Lipinski definition) is 6. The first-order chi connectivity index (χ1) is 10.0. The van der Waals surface area contributed by atoms with E-state index in [4.69, 9.17) is 11.6 Å². The minimum Gasteiger partial charge on any atom is -0.341 e. The molecule has 0 saturated carbocycles. The van der Waals surface area contributed by atoms with Gasteiger partial charge in [0.05, 0.1) is 0 Å². The van der Waals surface area contributed by atoms with Crippen LogP contribution in [0.25, 0.3) is 0 Å². The molecule has 6 nitrogen and oxygen atoms in total. The van der Waals surface area contributed by atoms with Gasteiger partial charge in [0, 0.05) is 25.2 Å². The van der Waals surface area contributed by atoms with Crippen molar-refractivity contribution in [1.82, 2.24) is 20.0 Å². The largest absolute Gasteiger partial charge is 0.341 e. The van der Waals surface area contributed by atoms with E-state index >= 15 is 0 Å². The van der Waals surface area contributed by atoms with E-state index in [1.807, 2.05) is 0 Å². The predicted molar refractivity (Wildman–Crippen MR) is 86.6 cm³/mol. The van der Waals surface area contributed by atoms with E-state index in [9.17, 15) is 0 Å². The molecule has 1 N–H and O–H groups in total. The molecule has 7 heteroatoms. The van der Waals surface area contributed by atoms with Gasteiger partial charge in [-0.15, -0.1) is 0 Å². The molecule has 2 rings (SSSR count). The van der Waals surface area contributed by atoms with Crippen LogP contribution in [-0.4, -0.2) is 45.1 Å². The van der Waals surface area contributed by atoms with Crippen LogP contribution in [0.5, 0.6) is 0 Å². The second kappa shape index (κ2) is 7.22. The second-order valence-electron chi connectivity index (χ2n) is 5.55. The summed E-state index contributed by atoms with van der Waals surface area (Å²) >= 11 is 6.05. The van der Waals surface area contributed by atoms with Crippen molar-refractivity contribution >= 4 is 23.5 Å². The van der Waals surface area contributed by atoms with Gasteiger partial charge in [0.15, 0.2) is 0 Å². The molecule has 21 heavy (non-hydrogen) atoms. The first-order valence-corrected chi connectivity index (χ1v) is 8.14. The fraction of sp³-hybridized carbons (Fsp3) is 0.786. The Balaban J connectivity index is 2.19. The Hall–Kier alpha value is -1.14. The molecule has 0 aliphatic carbocycles. The predicted octanol–water partition coefficient (Wildman–Crippen LogP) is 2.96. The summed E-state index contributed by atoms with van der Waals surface area (Å²) in [5, 5.41) is 2.45. The highest BCUT2D eigenvalue weighted by molar-refractivity contribution is 6.28. The maximum atomic E-state index is 6.05. The zero-order valence-corrected chi connectivity index (χ0v) is 14.1. The minimum absolute atomic E-state index is 0.228. The van der Waals surface area contributed by atoms with Crippen LogP contribution in [0.4, 0.5) is 11.9 Å². The average Bonchev–Trinajstić information content (AvgIpc) is 2.44. The first kappa shape index (κ1) is 16.2. The van der Waals surface area contributed by atoms with Gasteiger partial charge in [-0.3, -0.25) is 5.43 Å². The first-order valence-electron chi connectivity index (χ1n) is 7.76. The summed E-state index contributed by atoms with van der Waals surface area (Å²) in [5.74, 6) is 1.15. The van der Waals surface area contributed by atoms with Crippen molar-refractivity contribution in [1.29, 1.82) is 0 Å². The molecule has 2 atom stereocenters. The van der Waals surface area contributed by atoms with Gasteiger partial charge in [0.2, 0.25) is 17.2 Å². The number of hydrogen-bond donors (Lipinski definition) is 1. The van der Waals surface area contributed by atoms with Crippen molar-refractivity contribution in [3.63, 3.8) is 0 Å². The summed E-state index contributed by atoms with van der Waals surface area (Å²) in [4.78, 5) is 15.0. The van der Waals surface area contributed by atoms with Crippen LogP contribution < -0.4 is 10.3 Å². The lowest BCUT2D eigenvalue weighted by molar-refractivity contribution is 0.134. The summed E-state index contributed by atoms with van der Waals surface area (Å²) in [6, 6.07) is 0.919. The van der Waals surface area contributed by atoms with Gasteiger partial charge < -0.3 is 4.90 Å². The molecule has 2 heterocycles. The molecule has 0 radical (unpaired) electrons. The number of halogens is 1. The number of piperidine rings is 1. The lowest BCUT2D eigenvalue weighted by atomic mass is 10.00. The summed E-state index contributed by atoms with van der Waals surface area (Å²) in [7, 11) is 0. The number of rotatable bonds is 5. The van der Waals surface area contributed by atoms with Gasteiger partial charge in [0.1, 0.15) is 0 Å². The Morgan fingerprint density at radius 1 is 1.14 bits per heavy atom.